The minimum atomic E-state index is -4.82. The number of ether oxygens (including phenoxy) is 3. The number of methoxy groups -OCH3 is 2. The smallest absolute Gasteiger partial charge is 0.427 e. The van der Waals surface area contributed by atoms with Gasteiger partial charge in [-0.15, -0.1) is 0 Å². The quantitative estimate of drug-likeness (QED) is 0.441. The van der Waals surface area contributed by atoms with E-state index in [9.17, 15) is 27.6 Å². The Labute approximate surface area is 238 Å². The van der Waals surface area contributed by atoms with Gasteiger partial charge in [0.25, 0.3) is 0 Å². The van der Waals surface area contributed by atoms with Crippen molar-refractivity contribution in [2.45, 2.75) is 76.9 Å². The Morgan fingerprint density at radius 3 is 2.17 bits per heavy atom. The number of halogens is 3. The molecule has 1 aromatic rings. The molecular weight excluding hydrogens is 541 g/mol. The van der Waals surface area contributed by atoms with Crippen LogP contribution in [0.1, 0.15) is 53.0 Å². The van der Waals surface area contributed by atoms with E-state index in [1.165, 1.54) is 19.1 Å². The lowest BCUT2D eigenvalue weighted by Gasteiger charge is -2.37. The lowest BCUT2D eigenvalue weighted by Crippen LogP contribution is -2.58. The van der Waals surface area contributed by atoms with Gasteiger partial charge in [-0.05, 0) is 36.8 Å². The van der Waals surface area contributed by atoms with Crippen molar-refractivity contribution in [3.8, 4) is 0 Å². The topological polar surface area (TPSA) is 94.2 Å². The summed E-state index contributed by atoms with van der Waals surface area (Å²) in [5.41, 5.74) is -2.58. The van der Waals surface area contributed by atoms with E-state index in [0.29, 0.717) is 6.42 Å². The maximum absolute atomic E-state index is 14.0. The van der Waals surface area contributed by atoms with Gasteiger partial charge in [0.05, 0.1) is 19.3 Å². The molecule has 0 bridgehead atoms. The number of benzene rings is 1. The number of amides is 2. The van der Waals surface area contributed by atoms with E-state index in [2.05, 4.69) is 16.1 Å². The molecule has 3 rings (SSSR count). The highest BCUT2D eigenvalue weighted by molar-refractivity contribution is 5.91. The van der Waals surface area contributed by atoms with Crippen LogP contribution in [0.3, 0.4) is 0 Å². The Balaban J connectivity index is 1.88. The first-order valence-corrected chi connectivity index (χ1v) is 13.4. The third-order valence-electron chi connectivity index (χ3n) is 7.80. The van der Waals surface area contributed by atoms with Crippen molar-refractivity contribution in [1.29, 1.82) is 0 Å². The van der Waals surface area contributed by atoms with Crippen molar-refractivity contribution in [2.24, 2.45) is 11.3 Å². The molecule has 226 valence electrons. The lowest BCUT2D eigenvalue weighted by atomic mass is 9.79. The highest BCUT2D eigenvalue weighted by Crippen LogP contribution is 2.42. The number of carbonyl (C=O) groups is 3. The molecular formula is C30H39F3N2O6. The van der Waals surface area contributed by atoms with Gasteiger partial charge in [-0.2, -0.15) is 13.2 Å². The van der Waals surface area contributed by atoms with Crippen LogP contribution in [0.25, 0.3) is 5.57 Å². The van der Waals surface area contributed by atoms with E-state index < -0.39 is 52.8 Å². The molecule has 0 radical (unpaired) electrons. The fourth-order valence-electron chi connectivity index (χ4n) is 5.15. The zero-order valence-corrected chi connectivity index (χ0v) is 24.5. The molecule has 0 spiro atoms. The summed E-state index contributed by atoms with van der Waals surface area (Å²) in [4.78, 5) is 40.8. The van der Waals surface area contributed by atoms with Gasteiger partial charge in [-0.1, -0.05) is 69.3 Å². The zero-order chi connectivity index (χ0) is 30.8. The van der Waals surface area contributed by atoms with Crippen molar-refractivity contribution in [3.05, 3.63) is 54.1 Å². The summed E-state index contributed by atoms with van der Waals surface area (Å²) >= 11 is 0. The molecule has 1 aliphatic carbocycles. The highest BCUT2D eigenvalue weighted by Gasteiger charge is 2.55. The van der Waals surface area contributed by atoms with Gasteiger partial charge in [-0.25, -0.2) is 9.59 Å². The number of likely N-dealkylation sites (tertiary alicyclic amines) is 1. The second-order valence-electron chi connectivity index (χ2n) is 12.0. The van der Waals surface area contributed by atoms with Gasteiger partial charge < -0.3 is 24.4 Å². The molecule has 1 aliphatic heterocycles. The number of esters is 1. The first-order chi connectivity index (χ1) is 19.0. The van der Waals surface area contributed by atoms with Gasteiger partial charge in [-0.3, -0.25) is 4.79 Å². The van der Waals surface area contributed by atoms with Crippen molar-refractivity contribution >= 4 is 23.5 Å². The van der Waals surface area contributed by atoms with Crippen molar-refractivity contribution in [3.63, 3.8) is 0 Å². The van der Waals surface area contributed by atoms with Crippen molar-refractivity contribution < 1.29 is 41.8 Å². The Bertz CT molecular complexity index is 1190. The molecule has 1 N–H and O–H groups in total. The van der Waals surface area contributed by atoms with Crippen LogP contribution < -0.4 is 5.32 Å². The molecule has 41 heavy (non-hydrogen) atoms. The zero-order valence-electron chi connectivity index (χ0n) is 24.5. The van der Waals surface area contributed by atoms with E-state index in [-0.39, 0.29) is 18.9 Å². The fourth-order valence-corrected chi connectivity index (χ4v) is 5.15. The molecule has 1 fully saturated rings. The average molecular weight is 581 g/mol. The average Bonchev–Trinajstić information content (AvgIpc) is 3.31. The molecule has 8 nitrogen and oxygen atoms in total. The summed E-state index contributed by atoms with van der Waals surface area (Å²) in [6.07, 6.45) is 0.566. The maximum Gasteiger partial charge on any atom is 0.427 e. The number of alkyl carbamates (subject to hydrolysis) is 1. The number of nitrogens with zero attached hydrogens (tertiary/aromatic N) is 1. The molecule has 0 aromatic heterocycles. The lowest BCUT2D eigenvalue weighted by molar-refractivity contribution is -0.244. The fraction of sp³-hybridized carbons (Fsp3) is 0.567. The summed E-state index contributed by atoms with van der Waals surface area (Å²) in [5.74, 6) is -1.51. The number of nitrogens with one attached hydrogen (secondary N) is 1. The Morgan fingerprint density at radius 1 is 1.05 bits per heavy atom. The van der Waals surface area contributed by atoms with E-state index in [1.54, 1.807) is 20.8 Å². The molecule has 2 aliphatic rings. The largest absolute Gasteiger partial charge is 0.467 e. The Morgan fingerprint density at radius 2 is 1.68 bits per heavy atom. The third kappa shape index (κ3) is 6.94. The SMILES string of the molecule is COC(=O)[C@@H]1C[C@@](OC)(C2C=CC(c3ccccc3)=CC2)CN1C(=O)[C@@H](NC(=O)OC(C)(C)C(F)(F)F)C(C)(C)C. The van der Waals surface area contributed by atoms with Gasteiger partial charge >= 0.3 is 18.2 Å². The summed E-state index contributed by atoms with van der Waals surface area (Å²) in [5, 5.41) is 2.32. The van der Waals surface area contributed by atoms with Crippen LogP contribution in [0.2, 0.25) is 0 Å². The van der Waals surface area contributed by atoms with Crippen LogP contribution >= 0.6 is 0 Å². The summed E-state index contributed by atoms with van der Waals surface area (Å²) in [7, 11) is 2.73. The number of allylic oxidation sites excluding steroid dienone is 3. The predicted octanol–water partition coefficient (Wildman–Crippen LogP) is 5.29. The highest BCUT2D eigenvalue weighted by atomic mass is 19.4. The van der Waals surface area contributed by atoms with Crippen LogP contribution in [0.15, 0.2) is 48.6 Å². The first-order valence-electron chi connectivity index (χ1n) is 13.4. The van der Waals surface area contributed by atoms with Gasteiger partial charge in [0.2, 0.25) is 11.5 Å². The first kappa shape index (κ1) is 32.2. The predicted molar refractivity (Wildman–Crippen MR) is 147 cm³/mol. The minimum absolute atomic E-state index is 0.00295. The molecule has 1 saturated heterocycles. The summed E-state index contributed by atoms with van der Waals surface area (Å²) < 4.78 is 55.6. The third-order valence-corrected chi connectivity index (χ3v) is 7.80. The van der Waals surface area contributed by atoms with Gasteiger partial charge in [0.1, 0.15) is 12.1 Å². The number of hydrogen-bond donors (Lipinski definition) is 1. The van der Waals surface area contributed by atoms with E-state index >= 15 is 0 Å². The Kier molecular flexibility index (Phi) is 9.32. The van der Waals surface area contributed by atoms with Crippen molar-refractivity contribution in [2.75, 3.05) is 20.8 Å². The molecule has 1 unspecified atom stereocenters. The molecule has 2 amide bonds. The number of alkyl halides is 3. The van der Waals surface area contributed by atoms with Crippen LogP contribution in [0.5, 0.6) is 0 Å². The second-order valence-corrected chi connectivity index (χ2v) is 12.0. The van der Waals surface area contributed by atoms with Crippen LogP contribution in [0, 0.1) is 11.3 Å². The number of carbonyl (C=O) groups excluding carboxylic acids is 3. The monoisotopic (exact) mass is 580 g/mol. The van der Waals surface area contributed by atoms with Gasteiger partial charge in [0.15, 0.2) is 0 Å². The molecule has 0 saturated carbocycles. The van der Waals surface area contributed by atoms with E-state index in [4.69, 9.17) is 9.47 Å². The maximum atomic E-state index is 14.0. The van der Waals surface area contributed by atoms with E-state index in [0.717, 1.165) is 25.0 Å². The summed E-state index contributed by atoms with van der Waals surface area (Å²) in [6.45, 7) is 6.39. The van der Waals surface area contributed by atoms with Crippen molar-refractivity contribution in [1.82, 2.24) is 10.2 Å². The van der Waals surface area contributed by atoms with Gasteiger partial charge in [0, 0.05) is 19.4 Å². The standard InChI is InChI=1S/C30H39F3N2O6/c1-27(2,3)23(34-26(38)41-28(4,5)30(31,32)33)24(36)35-18-29(40-7,17-22(35)25(37)39-6)21-15-13-20(14-16-21)19-11-9-8-10-12-19/h8-15,21-23H,16-18H2,1-7H3,(H,34,38)/t21?,22-,23+,29-/m0/s1. The number of rotatable bonds is 7. The van der Waals surface area contributed by atoms with Crippen LogP contribution in [-0.4, -0.2) is 73.1 Å². The molecule has 4 atom stereocenters. The second kappa shape index (κ2) is 11.9. The molecule has 11 heteroatoms. The minimum Gasteiger partial charge on any atom is -0.467 e. The Hall–Kier alpha value is -3.34. The molecule has 1 aromatic carbocycles. The van der Waals surface area contributed by atoms with Crippen LogP contribution in [-0.2, 0) is 23.8 Å². The molecule has 1 heterocycles. The summed E-state index contributed by atoms with van der Waals surface area (Å²) in [6, 6.07) is 7.51. The number of hydrogen-bond acceptors (Lipinski definition) is 6. The van der Waals surface area contributed by atoms with E-state index in [1.807, 2.05) is 42.5 Å². The van der Waals surface area contributed by atoms with Crippen LogP contribution in [0.4, 0.5) is 18.0 Å². The normalized spacial score (nSPS) is 24.0.